The smallest absolute Gasteiger partial charge is 0.335 e. The lowest BCUT2D eigenvalue weighted by Gasteiger charge is -1.98. The number of hydrogen-bond donors (Lipinski definition) is 1. The molecule has 0 unspecified atom stereocenters. The van der Waals surface area contributed by atoms with Gasteiger partial charge in [0.2, 0.25) is 0 Å². The molecule has 0 amide bonds. The highest BCUT2D eigenvalue weighted by Crippen LogP contribution is 2.34. The normalized spacial score (nSPS) is 10.7. The lowest BCUT2D eigenvalue weighted by atomic mass is 10.2. The van der Waals surface area contributed by atoms with Crippen LogP contribution in [0.4, 0.5) is 0 Å². The second-order valence-corrected chi connectivity index (χ2v) is 5.62. The van der Waals surface area contributed by atoms with E-state index in [2.05, 4.69) is 38.5 Å². The molecule has 0 radical (unpaired) electrons. The van der Waals surface area contributed by atoms with Gasteiger partial charge in [-0.15, -0.1) is 11.3 Å². The minimum absolute atomic E-state index is 0.320. The zero-order valence-electron chi connectivity index (χ0n) is 6.75. The third kappa shape index (κ3) is 1.68. The molecule has 2 nitrogen and oxygen atoms in total. The molecule has 1 heterocycles. The Morgan fingerprint density at radius 3 is 2.86 bits per heavy atom. The fraction of sp³-hybridized carbons (Fsp3) is 0. The molecule has 0 aliphatic carbocycles. The first kappa shape index (κ1) is 10.4. The molecule has 0 saturated carbocycles. The fourth-order valence-corrected chi connectivity index (χ4v) is 3.73. The molecule has 14 heavy (non-hydrogen) atoms. The van der Waals surface area contributed by atoms with E-state index in [-0.39, 0.29) is 0 Å². The number of benzene rings is 1. The minimum Gasteiger partial charge on any atom is -0.478 e. The molecular weight excluding hydrogens is 379 g/mol. The molecule has 1 aromatic carbocycles. The van der Waals surface area contributed by atoms with Gasteiger partial charge in [-0.25, -0.2) is 4.79 Å². The zero-order chi connectivity index (χ0) is 10.3. The summed E-state index contributed by atoms with van der Waals surface area (Å²) >= 11 is 7.19. The van der Waals surface area contributed by atoms with E-state index in [0.717, 1.165) is 18.1 Å². The number of aromatic carboxylic acids is 1. The van der Waals surface area contributed by atoms with Gasteiger partial charge in [0.25, 0.3) is 0 Å². The predicted octanol–water partition coefficient (Wildman–Crippen LogP) is 3.97. The average Bonchev–Trinajstić information content (AvgIpc) is 2.48. The first-order valence-electron chi connectivity index (χ1n) is 3.69. The summed E-state index contributed by atoms with van der Waals surface area (Å²) in [5.74, 6) is -0.894. The molecule has 0 atom stereocenters. The molecule has 0 bridgehead atoms. The summed E-state index contributed by atoms with van der Waals surface area (Å²) in [6.45, 7) is 0. The minimum atomic E-state index is -0.894. The Morgan fingerprint density at radius 2 is 2.21 bits per heavy atom. The largest absolute Gasteiger partial charge is 0.478 e. The molecule has 0 aliphatic heterocycles. The molecule has 2 aromatic rings. The Labute approximate surface area is 106 Å². The van der Waals surface area contributed by atoms with Crippen LogP contribution in [0.3, 0.4) is 0 Å². The van der Waals surface area contributed by atoms with Crippen LogP contribution >= 0.6 is 49.9 Å². The highest BCUT2D eigenvalue weighted by Gasteiger charge is 2.10. The maximum Gasteiger partial charge on any atom is 0.335 e. The van der Waals surface area contributed by atoms with Gasteiger partial charge in [0.15, 0.2) is 0 Å². The standard InChI is InChI=1S/C9H4BrIO2S/c10-6-2-4(9(12)13)1-5-7(11)3-14-8(5)6/h1-3H,(H,12,13). The Morgan fingerprint density at radius 1 is 1.50 bits per heavy atom. The van der Waals surface area contributed by atoms with Gasteiger partial charge in [0.1, 0.15) is 0 Å². The van der Waals surface area contributed by atoms with Gasteiger partial charge in [-0.05, 0) is 50.7 Å². The van der Waals surface area contributed by atoms with Crippen molar-refractivity contribution in [2.45, 2.75) is 0 Å². The molecule has 1 N–H and O–H groups in total. The molecular formula is C9H4BrIO2S. The molecule has 1 aromatic heterocycles. The topological polar surface area (TPSA) is 37.3 Å². The molecule has 2 rings (SSSR count). The van der Waals surface area contributed by atoms with Gasteiger partial charge in [0.05, 0.1) is 5.56 Å². The molecule has 0 spiro atoms. The van der Waals surface area contributed by atoms with Gasteiger partial charge < -0.3 is 5.11 Å². The monoisotopic (exact) mass is 382 g/mol. The number of thiophene rings is 1. The second-order valence-electron chi connectivity index (χ2n) is 2.72. The van der Waals surface area contributed by atoms with Gasteiger partial charge in [0, 0.05) is 23.5 Å². The van der Waals surface area contributed by atoms with Crippen molar-refractivity contribution >= 4 is 65.9 Å². The lowest BCUT2D eigenvalue weighted by molar-refractivity contribution is 0.0697. The van der Waals surface area contributed by atoms with Crippen molar-refractivity contribution < 1.29 is 9.90 Å². The van der Waals surface area contributed by atoms with Crippen molar-refractivity contribution in [3.05, 3.63) is 31.1 Å². The summed E-state index contributed by atoms with van der Waals surface area (Å²) < 4.78 is 3.03. The Balaban J connectivity index is 2.82. The maximum absolute atomic E-state index is 10.8. The van der Waals surface area contributed by atoms with Gasteiger partial charge in [-0.2, -0.15) is 0 Å². The van der Waals surface area contributed by atoms with E-state index in [0.29, 0.717) is 5.56 Å². The van der Waals surface area contributed by atoms with Crippen LogP contribution < -0.4 is 0 Å². The number of carbonyl (C=O) groups is 1. The summed E-state index contributed by atoms with van der Waals surface area (Å²) in [7, 11) is 0. The zero-order valence-corrected chi connectivity index (χ0v) is 11.3. The SMILES string of the molecule is O=C(O)c1cc(Br)c2scc(I)c2c1. The number of halogens is 2. The third-order valence-electron chi connectivity index (χ3n) is 1.83. The second kappa shape index (κ2) is 3.79. The third-order valence-corrected chi connectivity index (χ3v) is 5.06. The lowest BCUT2D eigenvalue weighted by Crippen LogP contribution is -1.95. The van der Waals surface area contributed by atoms with Crippen molar-refractivity contribution in [2.75, 3.05) is 0 Å². The fourth-order valence-electron chi connectivity index (χ4n) is 1.19. The highest BCUT2D eigenvalue weighted by molar-refractivity contribution is 14.1. The van der Waals surface area contributed by atoms with E-state index in [9.17, 15) is 4.79 Å². The van der Waals surface area contributed by atoms with Crippen LogP contribution in [-0.2, 0) is 0 Å². The first-order chi connectivity index (χ1) is 6.59. The van der Waals surface area contributed by atoms with Crippen LogP contribution in [0, 0.1) is 3.57 Å². The van der Waals surface area contributed by atoms with Crippen molar-refractivity contribution in [2.24, 2.45) is 0 Å². The van der Waals surface area contributed by atoms with Crippen molar-refractivity contribution in [3.8, 4) is 0 Å². The van der Waals surface area contributed by atoms with Gasteiger partial charge >= 0.3 is 5.97 Å². The predicted molar refractivity (Wildman–Crippen MR) is 69.2 cm³/mol. The van der Waals surface area contributed by atoms with Crippen LogP contribution in [0.15, 0.2) is 22.0 Å². The van der Waals surface area contributed by atoms with Crippen LogP contribution in [0.25, 0.3) is 10.1 Å². The van der Waals surface area contributed by atoms with E-state index in [1.807, 2.05) is 5.38 Å². The Hall–Kier alpha value is -0.140. The summed E-state index contributed by atoms with van der Waals surface area (Å²) in [6, 6.07) is 3.35. The number of carboxylic acids is 1. The van der Waals surface area contributed by atoms with E-state index in [4.69, 9.17) is 5.11 Å². The maximum atomic E-state index is 10.8. The van der Waals surface area contributed by atoms with Crippen LogP contribution in [-0.4, -0.2) is 11.1 Å². The highest BCUT2D eigenvalue weighted by atomic mass is 127. The van der Waals surface area contributed by atoms with E-state index in [1.165, 1.54) is 0 Å². The van der Waals surface area contributed by atoms with Gasteiger partial charge in [-0.1, -0.05) is 0 Å². The van der Waals surface area contributed by atoms with E-state index < -0.39 is 5.97 Å². The average molecular weight is 383 g/mol. The Kier molecular flexibility index (Phi) is 2.81. The van der Waals surface area contributed by atoms with Crippen molar-refractivity contribution in [3.63, 3.8) is 0 Å². The summed E-state index contributed by atoms with van der Waals surface area (Å²) in [6.07, 6.45) is 0. The number of rotatable bonds is 1. The number of hydrogen-bond acceptors (Lipinski definition) is 2. The van der Waals surface area contributed by atoms with Crippen LogP contribution in [0.1, 0.15) is 10.4 Å². The number of fused-ring (bicyclic) bond motifs is 1. The molecule has 0 aliphatic rings. The van der Waals surface area contributed by atoms with Crippen LogP contribution in [0.2, 0.25) is 0 Å². The summed E-state index contributed by atoms with van der Waals surface area (Å²) in [5, 5.41) is 11.9. The molecule has 5 heteroatoms. The van der Waals surface area contributed by atoms with E-state index >= 15 is 0 Å². The quantitative estimate of drug-likeness (QED) is 0.758. The van der Waals surface area contributed by atoms with Gasteiger partial charge in [-0.3, -0.25) is 0 Å². The van der Waals surface area contributed by atoms with Crippen molar-refractivity contribution in [1.82, 2.24) is 0 Å². The molecule has 72 valence electrons. The Bertz CT molecular complexity index is 521. The molecule has 0 saturated heterocycles. The summed E-state index contributed by atoms with van der Waals surface area (Å²) in [4.78, 5) is 10.8. The summed E-state index contributed by atoms with van der Waals surface area (Å²) in [5.41, 5.74) is 0.320. The van der Waals surface area contributed by atoms with Crippen LogP contribution in [0.5, 0.6) is 0 Å². The van der Waals surface area contributed by atoms with Crippen molar-refractivity contribution in [1.29, 1.82) is 0 Å². The number of carboxylic acid groups (broad SMARTS) is 1. The van der Waals surface area contributed by atoms with E-state index in [1.54, 1.807) is 23.5 Å². The first-order valence-corrected chi connectivity index (χ1v) is 6.44. The molecule has 0 fully saturated rings.